The van der Waals surface area contributed by atoms with E-state index < -0.39 is 0 Å². The molecule has 5 heteroatoms. The highest BCUT2D eigenvalue weighted by molar-refractivity contribution is 6.36. The molecule has 0 spiro atoms. The summed E-state index contributed by atoms with van der Waals surface area (Å²) in [4.78, 5) is 8.91. The van der Waals surface area contributed by atoms with Crippen molar-refractivity contribution in [3.63, 3.8) is 0 Å². The van der Waals surface area contributed by atoms with E-state index in [1.54, 1.807) is 0 Å². The molecule has 0 radical (unpaired) electrons. The Hall–Kier alpha value is -1.32. The molecule has 2 aromatic rings. The Bertz CT molecular complexity index is 596. The number of aryl methyl sites for hydroxylation is 1. The van der Waals surface area contributed by atoms with Crippen LogP contribution in [-0.4, -0.2) is 9.97 Å². The van der Waals surface area contributed by atoms with E-state index in [1.165, 1.54) is 0 Å². The Balaban J connectivity index is 2.41. The summed E-state index contributed by atoms with van der Waals surface area (Å²) in [5.74, 6) is 1.47. The Morgan fingerprint density at radius 1 is 1.15 bits per heavy atom. The summed E-state index contributed by atoms with van der Waals surface area (Å²) in [5, 5.41) is 1.23. The Labute approximate surface area is 129 Å². The van der Waals surface area contributed by atoms with Crippen molar-refractivity contribution < 1.29 is 0 Å². The first kappa shape index (κ1) is 15.1. The number of benzene rings is 1. The predicted octanol–water partition coefficient (Wildman–Crippen LogP) is 4.39. The van der Waals surface area contributed by atoms with Crippen molar-refractivity contribution in [2.45, 2.75) is 33.1 Å². The number of hydrogen-bond donors (Lipinski definition) is 1. The lowest BCUT2D eigenvalue weighted by molar-refractivity contribution is 0.817. The first-order valence-corrected chi connectivity index (χ1v) is 7.21. The van der Waals surface area contributed by atoms with Crippen molar-refractivity contribution in [1.29, 1.82) is 0 Å². The number of nitrogen functional groups attached to an aromatic ring is 1. The summed E-state index contributed by atoms with van der Waals surface area (Å²) in [6.07, 6.45) is 0.474. The quantitative estimate of drug-likeness (QED) is 0.915. The monoisotopic (exact) mass is 309 g/mol. The summed E-state index contributed by atoms with van der Waals surface area (Å²) in [7, 11) is 0. The van der Waals surface area contributed by atoms with Crippen LogP contribution in [-0.2, 0) is 6.42 Å². The van der Waals surface area contributed by atoms with Crippen molar-refractivity contribution in [2.75, 3.05) is 5.73 Å². The second-order valence-electron chi connectivity index (χ2n) is 5.06. The van der Waals surface area contributed by atoms with Crippen LogP contribution in [0.3, 0.4) is 0 Å². The highest BCUT2D eigenvalue weighted by atomic mass is 35.5. The molecule has 0 fully saturated rings. The van der Waals surface area contributed by atoms with Gasteiger partial charge in [0.2, 0.25) is 0 Å². The number of nitrogens with two attached hydrogens (primary N) is 1. The van der Waals surface area contributed by atoms with Crippen LogP contribution in [0.25, 0.3) is 0 Å². The van der Waals surface area contributed by atoms with Crippen LogP contribution in [0, 0.1) is 6.92 Å². The zero-order chi connectivity index (χ0) is 14.9. The van der Waals surface area contributed by atoms with Crippen LogP contribution < -0.4 is 5.73 Å². The molecular formula is C15H17Cl2N3. The van der Waals surface area contributed by atoms with E-state index in [0.29, 0.717) is 34.0 Å². The molecule has 0 aliphatic rings. The summed E-state index contributed by atoms with van der Waals surface area (Å²) >= 11 is 12.3. The number of rotatable bonds is 3. The summed E-state index contributed by atoms with van der Waals surface area (Å²) < 4.78 is 0. The number of halogens is 2. The van der Waals surface area contributed by atoms with Gasteiger partial charge >= 0.3 is 0 Å². The molecule has 1 heterocycles. The van der Waals surface area contributed by atoms with Gasteiger partial charge < -0.3 is 5.73 Å². The first-order chi connectivity index (χ1) is 9.40. The molecule has 3 nitrogen and oxygen atoms in total. The molecule has 0 aliphatic heterocycles. The lowest BCUT2D eigenvalue weighted by Gasteiger charge is -2.14. The van der Waals surface area contributed by atoms with Gasteiger partial charge in [-0.05, 0) is 30.5 Å². The second-order valence-corrected chi connectivity index (χ2v) is 5.87. The van der Waals surface area contributed by atoms with Crippen LogP contribution in [0.5, 0.6) is 0 Å². The summed E-state index contributed by atoms with van der Waals surface area (Å²) in [6, 6.07) is 5.43. The smallest absolute Gasteiger partial charge is 0.135 e. The lowest BCUT2D eigenvalue weighted by atomic mass is 10.0. The van der Waals surface area contributed by atoms with Crippen LogP contribution >= 0.6 is 23.2 Å². The van der Waals surface area contributed by atoms with Gasteiger partial charge in [-0.2, -0.15) is 0 Å². The SMILES string of the molecule is Cc1nc(Cc2c(Cl)cccc2Cl)nc(N)c1C(C)C. The van der Waals surface area contributed by atoms with E-state index in [2.05, 4.69) is 23.8 Å². The highest BCUT2D eigenvalue weighted by Gasteiger charge is 2.14. The molecule has 2 rings (SSSR count). The van der Waals surface area contributed by atoms with E-state index in [4.69, 9.17) is 28.9 Å². The second kappa shape index (κ2) is 5.98. The Morgan fingerprint density at radius 3 is 2.25 bits per heavy atom. The van der Waals surface area contributed by atoms with E-state index >= 15 is 0 Å². The van der Waals surface area contributed by atoms with Crippen molar-refractivity contribution >= 4 is 29.0 Å². The zero-order valence-corrected chi connectivity index (χ0v) is 13.3. The van der Waals surface area contributed by atoms with Crippen LogP contribution in [0.1, 0.15) is 42.4 Å². The van der Waals surface area contributed by atoms with Gasteiger partial charge in [-0.25, -0.2) is 9.97 Å². The highest BCUT2D eigenvalue weighted by Crippen LogP contribution is 2.28. The molecule has 0 aliphatic carbocycles. The molecule has 0 unspecified atom stereocenters. The third-order valence-electron chi connectivity index (χ3n) is 3.19. The van der Waals surface area contributed by atoms with E-state index in [9.17, 15) is 0 Å². The number of nitrogens with zero attached hydrogens (tertiary/aromatic N) is 2. The number of hydrogen-bond acceptors (Lipinski definition) is 3. The molecular weight excluding hydrogens is 293 g/mol. The molecule has 0 saturated heterocycles. The third kappa shape index (κ3) is 3.05. The standard InChI is InChI=1S/C15H17Cl2N3/c1-8(2)14-9(3)19-13(20-15(14)18)7-10-11(16)5-4-6-12(10)17/h4-6,8H,7H2,1-3H3,(H2,18,19,20). The average Bonchev–Trinajstić information content (AvgIpc) is 2.32. The first-order valence-electron chi connectivity index (χ1n) is 6.46. The molecule has 20 heavy (non-hydrogen) atoms. The summed E-state index contributed by atoms with van der Waals surface area (Å²) in [5.41, 5.74) is 8.77. The maximum atomic E-state index is 6.17. The van der Waals surface area contributed by atoms with Gasteiger partial charge in [0.25, 0.3) is 0 Å². The van der Waals surface area contributed by atoms with Crippen molar-refractivity contribution in [1.82, 2.24) is 9.97 Å². The third-order valence-corrected chi connectivity index (χ3v) is 3.89. The number of anilines is 1. The molecule has 106 valence electrons. The molecule has 0 saturated carbocycles. The molecule has 0 atom stereocenters. The largest absolute Gasteiger partial charge is 0.383 e. The van der Waals surface area contributed by atoms with Gasteiger partial charge in [-0.1, -0.05) is 43.1 Å². The maximum absolute atomic E-state index is 6.17. The number of aromatic nitrogens is 2. The minimum absolute atomic E-state index is 0.299. The zero-order valence-electron chi connectivity index (χ0n) is 11.7. The minimum Gasteiger partial charge on any atom is -0.383 e. The summed E-state index contributed by atoms with van der Waals surface area (Å²) in [6.45, 7) is 6.10. The van der Waals surface area contributed by atoms with Crippen LogP contribution in [0.4, 0.5) is 5.82 Å². The van der Waals surface area contributed by atoms with Crippen molar-refractivity contribution in [2.24, 2.45) is 0 Å². The molecule has 0 bridgehead atoms. The molecule has 1 aromatic heterocycles. The normalized spacial score (nSPS) is 11.1. The van der Waals surface area contributed by atoms with Gasteiger partial charge in [0.15, 0.2) is 0 Å². The molecule has 0 amide bonds. The van der Waals surface area contributed by atoms with Gasteiger partial charge in [-0.3, -0.25) is 0 Å². The van der Waals surface area contributed by atoms with E-state index in [0.717, 1.165) is 16.8 Å². The minimum atomic E-state index is 0.299. The van der Waals surface area contributed by atoms with E-state index in [-0.39, 0.29) is 0 Å². The molecule has 2 N–H and O–H groups in total. The molecule has 1 aromatic carbocycles. The van der Waals surface area contributed by atoms with Crippen molar-refractivity contribution in [3.8, 4) is 0 Å². The van der Waals surface area contributed by atoms with Crippen LogP contribution in [0.2, 0.25) is 10.0 Å². The van der Waals surface area contributed by atoms with Gasteiger partial charge in [-0.15, -0.1) is 0 Å². The lowest BCUT2D eigenvalue weighted by Crippen LogP contribution is -2.09. The Kier molecular flexibility index (Phi) is 4.51. The van der Waals surface area contributed by atoms with Crippen molar-refractivity contribution in [3.05, 3.63) is 50.9 Å². The van der Waals surface area contributed by atoms with Gasteiger partial charge in [0.1, 0.15) is 11.6 Å². The van der Waals surface area contributed by atoms with E-state index in [1.807, 2.05) is 25.1 Å². The fourth-order valence-electron chi connectivity index (χ4n) is 2.32. The van der Waals surface area contributed by atoms with Gasteiger partial charge in [0.05, 0.1) is 0 Å². The topological polar surface area (TPSA) is 51.8 Å². The van der Waals surface area contributed by atoms with Gasteiger partial charge in [0, 0.05) is 27.7 Å². The maximum Gasteiger partial charge on any atom is 0.135 e. The average molecular weight is 310 g/mol. The predicted molar refractivity (Wildman–Crippen MR) is 84.5 cm³/mol. The van der Waals surface area contributed by atoms with Crippen LogP contribution in [0.15, 0.2) is 18.2 Å². The fraction of sp³-hybridized carbons (Fsp3) is 0.333. The Morgan fingerprint density at radius 2 is 1.75 bits per heavy atom. The fourth-order valence-corrected chi connectivity index (χ4v) is 2.85.